The number of para-hydroxylation sites is 2. The molecule has 27 heavy (non-hydrogen) atoms. The van der Waals surface area contributed by atoms with Crippen molar-refractivity contribution in [2.75, 3.05) is 18.6 Å². The highest BCUT2D eigenvalue weighted by atomic mass is 19.1. The van der Waals surface area contributed by atoms with Crippen LogP contribution in [0.3, 0.4) is 0 Å². The first kappa shape index (κ1) is 18.0. The Morgan fingerprint density at radius 3 is 2.59 bits per heavy atom. The monoisotopic (exact) mass is 365 g/mol. The molecule has 0 radical (unpaired) electrons. The van der Waals surface area contributed by atoms with Crippen LogP contribution in [0.2, 0.25) is 0 Å². The number of rotatable bonds is 5. The van der Waals surface area contributed by atoms with E-state index in [1.165, 1.54) is 11.1 Å². The van der Waals surface area contributed by atoms with Crippen molar-refractivity contribution in [2.45, 2.75) is 6.54 Å². The van der Waals surface area contributed by atoms with E-state index in [0.29, 0.717) is 16.7 Å². The van der Waals surface area contributed by atoms with Gasteiger partial charge in [0.25, 0.3) is 0 Å². The Kier molecular flexibility index (Phi) is 5.09. The number of ether oxygens (including phenoxy) is 1. The summed E-state index contributed by atoms with van der Waals surface area (Å²) in [6.45, 7) is -0.198. The third-order valence-corrected chi connectivity index (χ3v) is 3.92. The first-order chi connectivity index (χ1) is 13.1. The molecule has 8 heteroatoms. The summed E-state index contributed by atoms with van der Waals surface area (Å²) < 4.78 is 33.9. The summed E-state index contributed by atoms with van der Waals surface area (Å²) in [5, 5.41) is 18.1. The minimum absolute atomic E-state index is 0.0246. The van der Waals surface area contributed by atoms with Gasteiger partial charge in [-0.2, -0.15) is 10.5 Å². The maximum Gasteiger partial charge on any atom is 0.189 e. The van der Waals surface area contributed by atoms with Crippen LogP contribution in [0.4, 0.5) is 14.5 Å². The van der Waals surface area contributed by atoms with E-state index in [1.807, 2.05) is 18.2 Å². The van der Waals surface area contributed by atoms with Crippen LogP contribution in [0.25, 0.3) is 11.0 Å². The van der Waals surface area contributed by atoms with E-state index in [2.05, 4.69) is 9.97 Å². The maximum absolute atomic E-state index is 14.8. The number of hydrogen-bond acceptors (Lipinski definition) is 6. The number of benzene rings is 2. The average Bonchev–Trinajstić information content (AvgIpc) is 2.68. The van der Waals surface area contributed by atoms with Gasteiger partial charge in [-0.15, -0.1) is 0 Å². The molecule has 0 atom stereocenters. The Bertz CT molecular complexity index is 1090. The highest BCUT2D eigenvalue weighted by molar-refractivity contribution is 5.73. The highest BCUT2D eigenvalue weighted by Crippen LogP contribution is 2.33. The van der Waals surface area contributed by atoms with Crippen molar-refractivity contribution < 1.29 is 13.5 Å². The van der Waals surface area contributed by atoms with Gasteiger partial charge in [0, 0.05) is 6.07 Å². The van der Waals surface area contributed by atoms with E-state index in [0.717, 1.165) is 13.2 Å². The molecule has 6 nitrogen and oxygen atoms in total. The molecule has 3 aromatic rings. The third-order valence-electron chi connectivity index (χ3n) is 3.92. The van der Waals surface area contributed by atoms with Crippen LogP contribution < -0.4 is 9.64 Å². The maximum atomic E-state index is 14.8. The summed E-state index contributed by atoms with van der Waals surface area (Å²) in [6, 6.07) is 11.6. The molecule has 0 amide bonds. The van der Waals surface area contributed by atoms with Crippen molar-refractivity contribution in [1.82, 2.24) is 9.97 Å². The van der Waals surface area contributed by atoms with Gasteiger partial charge in [-0.3, -0.25) is 4.98 Å². The van der Waals surface area contributed by atoms with Gasteiger partial charge in [0.05, 0.1) is 48.3 Å². The summed E-state index contributed by atoms with van der Waals surface area (Å²) in [4.78, 5) is 10.0. The van der Waals surface area contributed by atoms with Crippen LogP contribution in [0.15, 0.2) is 36.5 Å². The van der Waals surface area contributed by atoms with Crippen molar-refractivity contribution in [3.8, 4) is 17.9 Å². The number of hydrogen-bond donors (Lipinski definition) is 0. The van der Waals surface area contributed by atoms with E-state index in [9.17, 15) is 8.78 Å². The zero-order valence-electron chi connectivity index (χ0n) is 14.3. The lowest BCUT2D eigenvalue weighted by atomic mass is 10.1. The van der Waals surface area contributed by atoms with E-state index in [4.69, 9.17) is 15.3 Å². The number of halogens is 2. The van der Waals surface area contributed by atoms with Gasteiger partial charge in [-0.1, -0.05) is 12.1 Å². The summed E-state index contributed by atoms with van der Waals surface area (Å²) in [5.74, 6) is -2.35. The molecule has 0 aliphatic carbocycles. The zero-order chi connectivity index (χ0) is 19.4. The number of methoxy groups -OCH3 is 1. The molecule has 1 aromatic heterocycles. The van der Waals surface area contributed by atoms with Crippen molar-refractivity contribution >= 4 is 16.7 Å². The van der Waals surface area contributed by atoms with Crippen LogP contribution in [-0.2, 0) is 6.54 Å². The molecule has 3 rings (SSSR count). The Balaban J connectivity index is 2.04. The van der Waals surface area contributed by atoms with E-state index in [-0.39, 0.29) is 18.8 Å². The van der Waals surface area contributed by atoms with Gasteiger partial charge in [0.2, 0.25) is 0 Å². The fourth-order valence-corrected chi connectivity index (χ4v) is 2.69. The molecule has 2 aromatic carbocycles. The predicted molar refractivity (Wildman–Crippen MR) is 93.8 cm³/mol. The van der Waals surface area contributed by atoms with Gasteiger partial charge < -0.3 is 9.64 Å². The minimum atomic E-state index is -0.932. The third kappa shape index (κ3) is 3.46. The van der Waals surface area contributed by atoms with E-state index in [1.54, 1.807) is 18.2 Å². The topological polar surface area (TPSA) is 85.8 Å². The summed E-state index contributed by atoms with van der Waals surface area (Å²) >= 11 is 0. The van der Waals surface area contributed by atoms with Gasteiger partial charge in [-0.05, 0) is 12.1 Å². The Morgan fingerprint density at radius 1 is 1.19 bits per heavy atom. The second kappa shape index (κ2) is 7.63. The highest BCUT2D eigenvalue weighted by Gasteiger charge is 2.23. The first-order valence-corrected chi connectivity index (χ1v) is 7.87. The molecule has 0 N–H and O–H groups in total. The quantitative estimate of drug-likeness (QED) is 0.645. The van der Waals surface area contributed by atoms with E-state index < -0.39 is 22.9 Å². The van der Waals surface area contributed by atoms with Gasteiger partial charge in [-0.25, -0.2) is 13.8 Å². The Morgan fingerprint density at radius 2 is 1.93 bits per heavy atom. The molecule has 1 heterocycles. The van der Waals surface area contributed by atoms with Crippen LogP contribution in [-0.4, -0.2) is 23.6 Å². The number of fused-ring (bicyclic) bond motifs is 1. The number of anilines is 1. The van der Waals surface area contributed by atoms with Gasteiger partial charge in [0.15, 0.2) is 11.6 Å². The normalized spacial score (nSPS) is 10.3. The lowest BCUT2D eigenvalue weighted by Crippen LogP contribution is -2.25. The van der Waals surface area contributed by atoms with Gasteiger partial charge in [0.1, 0.15) is 24.0 Å². The van der Waals surface area contributed by atoms with E-state index >= 15 is 0 Å². The zero-order valence-corrected chi connectivity index (χ0v) is 14.3. The van der Waals surface area contributed by atoms with Crippen molar-refractivity contribution in [3.63, 3.8) is 0 Å². The molecular weight excluding hydrogens is 352 g/mol. The summed E-state index contributed by atoms with van der Waals surface area (Å²) in [6.07, 6.45) is 1.52. The van der Waals surface area contributed by atoms with Gasteiger partial charge >= 0.3 is 0 Å². The first-order valence-electron chi connectivity index (χ1n) is 7.87. The molecule has 0 unspecified atom stereocenters. The molecule has 134 valence electrons. The fraction of sp³-hybridized carbons (Fsp3) is 0.158. The van der Waals surface area contributed by atoms with Crippen LogP contribution in [0.1, 0.15) is 11.3 Å². The number of nitrogens with zero attached hydrogens (tertiary/aromatic N) is 5. The minimum Gasteiger partial charge on any atom is -0.492 e. The van der Waals surface area contributed by atoms with Crippen LogP contribution in [0.5, 0.6) is 5.75 Å². The second-order valence-corrected chi connectivity index (χ2v) is 5.58. The Labute approximate surface area is 153 Å². The SMILES string of the molecule is COc1c(F)c(N(CC#N)Cc2cnc3ccccc3n2)cc(F)c1C#N. The molecule has 0 aliphatic rings. The molecular formula is C19H13F2N5O. The predicted octanol–water partition coefficient (Wildman–Crippen LogP) is 3.32. The average molecular weight is 365 g/mol. The molecule has 0 aliphatic heterocycles. The lowest BCUT2D eigenvalue weighted by molar-refractivity contribution is 0.381. The summed E-state index contributed by atoms with van der Waals surface area (Å²) in [5.41, 5.74) is 1.11. The van der Waals surface area contributed by atoms with Crippen LogP contribution >= 0.6 is 0 Å². The molecule has 0 saturated carbocycles. The smallest absolute Gasteiger partial charge is 0.189 e. The summed E-state index contributed by atoms with van der Waals surface area (Å²) in [7, 11) is 1.14. The van der Waals surface area contributed by atoms with Crippen molar-refractivity contribution in [2.24, 2.45) is 0 Å². The largest absolute Gasteiger partial charge is 0.492 e. The van der Waals surface area contributed by atoms with Crippen LogP contribution in [0, 0.1) is 34.3 Å². The molecule has 0 spiro atoms. The van der Waals surface area contributed by atoms with Crippen molar-refractivity contribution in [1.29, 1.82) is 10.5 Å². The molecule has 0 bridgehead atoms. The fourth-order valence-electron chi connectivity index (χ4n) is 2.69. The number of nitriles is 2. The standard InChI is InChI=1S/C19H13F2N5O/c1-27-19-13(9-23)14(20)8-17(18(19)21)26(7-6-22)11-12-10-24-15-4-2-3-5-16(15)25-12/h2-5,8,10H,7,11H2,1H3. The Hall–Kier alpha value is -3.78. The van der Waals surface area contributed by atoms with Crippen molar-refractivity contribution in [3.05, 3.63) is 59.4 Å². The number of aromatic nitrogens is 2. The molecule has 0 fully saturated rings. The lowest BCUT2D eigenvalue weighted by Gasteiger charge is -2.23. The second-order valence-electron chi connectivity index (χ2n) is 5.58. The molecule has 0 saturated heterocycles.